The van der Waals surface area contributed by atoms with Gasteiger partial charge in [-0.25, -0.2) is 4.79 Å². The summed E-state index contributed by atoms with van der Waals surface area (Å²) in [6.45, 7) is 6.11. The number of piperidine rings is 3. The van der Waals surface area contributed by atoms with E-state index >= 15 is 0 Å². The second-order valence-corrected chi connectivity index (χ2v) is 8.61. The summed E-state index contributed by atoms with van der Waals surface area (Å²) in [4.78, 5) is 27.4. The molecule has 0 spiro atoms. The molecule has 6 rings (SSSR count). The van der Waals surface area contributed by atoms with Gasteiger partial charge in [0.1, 0.15) is 6.04 Å². The van der Waals surface area contributed by atoms with Crippen molar-refractivity contribution in [2.24, 2.45) is 11.8 Å². The molecule has 2 aromatic rings. The van der Waals surface area contributed by atoms with Crippen molar-refractivity contribution in [3.05, 3.63) is 54.7 Å². The number of fused-ring (bicyclic) bond motifs is 4. The van der Waals surface area contributed by atoms with Crippen LogP contribution in [0.4, 0.5) is 0 Å². The zero-order valence-electron chi connectivity index (χ0n) is 17.5. The normalized spacial score (nSPS) is 30.2. The van der Waals surface area contributed by atoms with Gasteiger partial charge < -0.3 is 15.5 Å². The number of hydrogen-bond donors (Lipinski definition) is 3. The summed E-state index contributed by atoms with van der Waals surface area (Å²) in [6, 6.07) is 9.63. The van der Waals surface area contributed by atoms with Crippen LogP contribution in [0.5, 0.6) is 0 Å². The quantitative estimate of drug-likeness (QED) is 0.653. The predicted molar refractivity (Wildman–Crippen MR) is 117 cm³/mol. The molecule has 6 atom stereocenters. The number of pyridine rings is 1. The van der Waals surface area contributed by atoms with Gasteiger partial charge in [-0.05, 0) is 55.3 Å². The third-order valence-corrected chi connectivity index (χ3v) is 6.81. The third-order valence-electron chi connectivity index (χ3n) is 6.81. The molecule has 1 amide bonds. The van der Waals surface area contributed by atoms with E-state index in [0.717, 1.165) is 36.0 Å². The molecule has 0 aliphatic carbocycles. The lowest BCUT2D eigenvalue weighted by atomic mass is 9.73. The van der Waals surface area contributed by atoms with E-state index in [1.165, 1.54) is 6.42 Å². The predicted octanol–water partition coefficient (Wildman–Crippen LogP) is 2.51. The fourth-order valence-electron chi connectivity index (χ4n) is 5.09. The number of nitrogens with zero attached hydrogens (tertiary/aromatic N) is 2. The van der Waals surface area contributed by atoms with E-state index in [-0.39, 0.29) is 11.9 Å². The Kier molecular flexibility index (Phi) is 6.34. The molecule has 7 heteroatoms. The number of hydrogen-bond acceptors (Lipinski definition) is 5. The van der Waals surface area contributed by atoms with Crippen molar-refractivity contribution in [2.45, 2.75) is 43.9 Å². The Balaban J connectivity index is 0.000000217. The van der Waals surface area contributed by atoms with Gasteiger partial charge in [-0.15, -0.1) is 6.58 Å². The summed E-state index contributed by atoms with van der Waals surface area (Å²) in [7, 11) is 0. The van der Waals surface area contributed by atoms with E-state index in [0.29, 0.717) is 24.7 Å². The molecule has 7 nitrogen and oxygen atoms in total. The van der Waals surface area contributed by atoms with Gasteiger partial charge in [0.25, 0.3) is 0 Å². The Morgan fingerprint density at radius 1 is 1.29 bits per heavy atom. The number of rotatable bonds is 4. The molecule has 2 bridgehead atoms. The van der Waals surface area contributed by atoms with Gasteiger partial charge in [-0.2, -0.15) is 0 Å². The van der Waals surface area contributed by atoms with Crippen LogP contribution in [0.3, 0.4) is 0 Å². The largest absolute Gasteiger partial charge is 0.480 e. The molecule has 31 heavy (non-hydrogen) atoms. The first-order valence-electron chi connectivity index (χ1n) is 10.9. The molecule has 3 N–H and O–H groups in total. The first kappa shape index (κ1) is 21.5. The van der Waals surface area contributed by atoms with Crippen molar-refractivity contribution >= 4 is 22.8 Å². The minimum absolute atomic E-state index is 0.164. The number of amides is 1. The molecule has 1 aromatic carbocycles. The van der Waals surface area contributed by atoms with Crippen molar-refractivity contribution in [2.75, 3.05) is 13.1 Å². The molecule has 1 unspecified atom stereocenters. The highest BCUT2D eigenvalue weighted by Crippen LogP contribution is 2.41. The molecule has 4 aliphatic heterocycles. The fraction of sp³-hybridized carbons (Fsp3) is 0.458. The van der Waals surface area contributed by atoms with Gasteiger partial charge in [0.15, 0.2) is 0 Å². The van der Waals surface area contributed by atoms with Crippen LogP contribution in [-0.2, 0) is 9.59 Å². The van der Waals surface area contributed by atoms with Crippen LogP contribution >= 0.6 is 0 Å². The summed E-state index contributed by atoms with van der Waals surface area (Å²) in [5, 5.41) is 22.7. The smallest absolute Gasteiger partial charge is 0.326 e. The Bertz CT molecular complexity index is 973. The number of aliphatic hydroxyl groups excluding tert-OH is 1. The highest BCUT2D eigenvalue weighted by molar-refractivity contribution is 5.87. The summed E-state index contributed by atoms with van der Waals surface area (Å²) in [5.74, 6) is 0.157. The van der Waals surface area contributed by atoms with Crippen molar-refractivity contribution in [1.82, 2.24) is 15.2 Å². The molecule has 5 heterocycles. The van der Waals surface area contributed by atoms with E-state index in [1.807, 2.05) is 30.5 Å². The van der Waals surface area contributed by atoms with E-state index in [2.05, 4.69) is 33.9 Å². The number of para-hydroxylation sites is 1. The van der Waals surface area contributed by atoms with E-state index in [9.17, 15) is 14.7 Å². The van der Waals surface area contributed by atoms with Gasteiger partial charge in [-0.1, -0.05) is 24.3 Å². The SMILES string of the molecule is C=C[C@H]1CN2CC[C@H]1C[C@H]2[C@H](O)c1ccnc2ccccc12.O=C1CC[C@@H](C(=O)O)N1. The number of benzene rings is 1. The zero-order chi connectivity index (χ0) is 22.0. The second kappa shape index (κ2) is 9.16. The van der Waals surface area contributed by atoms with Crippen molar-refractivity contribution < 1.29 is 19.8 Å². The van der Waals surface area contributed by atoms with Crippen LogP contribution in [-0.4, -0.2) is 57.1 Å². The van der Waals surface area contributed by atoms with Crippen LogP contribution in [0.1, 0.15) is 37.4 Å². The number of carbonyl (C=O) groups excluding carboxylic acids is 1. The highest BCUT2D eigenvalue weighted by atomic mass is 16.4. The molecule has 4 aliphatic rings. The maximum atomic E-state index is 11.0. The molecule has 0 radical (unpaired) electrons. The average Bonchev–Trinajstić information content (AvgIpc) is 3.25. The molecular weight excluding hydrogens is 394 g/mol. The van der Waals surface area contributed by atoms with Gasteiger partial charge in [0.05, 0.1) is 11.6 Å². The lowest BCUT2D eigenvalue weighted by Crippen LogP contribution is -2.54. The number of aliphatic carboxylic acids is 1. The summed E-state index contributed by atoms with van der Waals surface area (Å²) < 4.78 is 0. The van der Waals surface area contributed by atoms with E-state index in [1.54, 1.807) is 0 Å². The summed E-state index contributed by atoms with van der Waals surface area (Å²) in [6.07, 6.45) is 6.53. The molecule has 4 fully saturated rings. The van der Waals surface area contributed by atoms with Gasteiger partial charge in [0.2, 0.25) is 5.91 Å². The summed E-state index contributed by atoms with van der Waals surface area (Å²) >= 11 is 0. The summed E-state index contributed by atoms with van der Waals surface area (Å²) in [5.41, 5.74) is 1.97. The Hall–Kier alpha value is -2.77. The molecular formula is C24H29N3O4. The number of aliphatic hydroxyl groups is 1. The molecule has 0 saturated carbocycles. The van der Waals surface area contributed by atoms with Crippen molar-refractivity contribution in [3.8, 4) is 0 Å². The molecule has 1 aromatic heterocycles. The fourth-order valence-corrected chi connectivity index (χ4v) is 5.09. The Labute approximate surface area is 181 Å². The van der Waals surface area contributed by atoms with Crippen molar-refractivity contribution in [3.63, 3.8) is 0 Å². The minimum atomic E-state index is -0.944. The zero-order valence-corrected chi connectivity index (χ0v) is 17.5. The Morgan fingerprint density at radius 3 is 2.71 bits per heavy atom. The maximum absolute atomic E-state index is 11.0. The number of aromatic nitrogens is 1. The minimum Gasteiger partial charge on any atom is -0.480 e. The van der Waals surface area contributed by atoms with Crippen LogP contribution in [0.25, 0.3) is 10.9 Å². The van der Waals surface area contributed by atoms with Crippen LogP contribution in [0.2, 0.25) is 0 Å². The van der Waals surface area contributed by atoms with Crippen LogP contribution < -0.4 is 5.32 Å². The van der Waals surface area contributed by atoms with Crippen LogP contribution in [0, 0.1) is 11.8 Å². The van der Waals surface area contributed by atoms with Crippen LogP contribution in [0.15, 0.2) is 49.2 Å². The van der Waals surface area contributed by atoms with Gasteiger partial charge in [-0.3, -0.25) is 14.7 Å². The standard InChI is InChI=1S/C19H22N2O.C5H7NO3/c1-2-13-12-21-10-8-14(13)11-18(21)19(22)16-7-9-20-17-6-4-3-5-15(16)17;7-4-2-1-3(6-4)5(8)9/h2-7,9,13-14,18-19,22H,1,8,10-12H2;3H,1-2H2,(H,6,7)(H,8,9)/t13-,14-,18-,19+;3-/m00/s1. The first-order valence-corrected chi connectivity index (χ1v) is 10.9. The van der Waals surface area contributed by atoms with Gasteiger partial charge in [0, 0.05) is 30.6 Å². The first-order chi connectivity index (χ1) is 15.0. The van der Waals surface area contributed by atoms with Crippen molar-refractivity contribution in [1.29, 1.82) is 0 Å². The molecule has 4 saturated heterocycles. The highest BCUT2D eigenvalue weighted by Gasteiger charge is 2.42. The number of carboxylic acid groups (broad SMARTS) is 1. The number of nitrogens with one attached hydrogen (secondary N) is 1. The lowest BCUT2D eigenvalue weighted by Gasteiger charge is -2.50. The average molecular weight is 424 g/mol. The maximum Gasteiger partial charge on any atom is 0.326 e. The second-order valence-electron chi connectivity index (χ2n) is 8.61. The number of carboxylic acids is 1. The number of carbonyl (C=O) groups is 2. The van der Waals surface area contributed by atoms with E-state index in [4.69, 9.17) is 5.11 Å². The Morgan fingerprint density at radius 2 is 2.10 bits per heavy atom. The topological polar surface area (TPSA) is 103 Å². The van der Waals surface area contributed by atoms with E-state index < -0.39 is 18.1 Å². The lowest BCUT2D eigenvalue weighted by molar-refractivity contribution is -0.140. The van der Waals surface area contributed by atoms with Gasteiger partial charge >= 0.3 is 5.97 Å². The molecule has 164 valence electrons. The third kappa shape index (κ3) is 4.48. The monoisotopic (exact) mass is 423 g/mol.